The van der Waals surface area contributed by atoms with Gasteiger partial charge in [-0.2, -0.15) is 0 Å². The molecule has 2 N–H and O–H groups in total. The van der Waals surface area contributed by atoms with Crippen molar-refractivity contribution in [1.82, 2.24) is 0 Å². The van der Waals surface area contributed by atoms with Crippen LogP contribution >= 0.6 is 23.2 Å². The number of ether oxygens (including phenoxy) is 2. The van der Waals surface area contributed by atoms with Crippen LogP contribution in [0.15, 0.2) is 36.4 Å². The molecular formula is C14H13Cl2NO2. The van der Waals surface area contributed by atoms with E-state index >= 15 is 0 Å². The Morgan fingerprint density at radius 1 is 1.16 bits per heavy atom. The minimum Gasteiger partial charge on any atom is -0.493 e. The molecule has 0 aliphatic heterocycles. The third-order valence-corrected chi connectivity index (χ3v) is 3.31. The predicted octanol–water partition coefficient (Wildman–Crippen LogP) is 4.16. The number of hydrogen-bond acceptors (Lipinski definition) is 3. The summed E-state index contributed by atoms with van der Waals surface area (Å²) in [6, 6.07) is 11.3. The average molecular weight is 298 g/mol. The molecule has 0 amide bonds. The average Bonchev–Trinajstić information content (AvgIpc) is 2.44. The Morgan fingerprint density at radius 3 is 2.47 bits per heavy atom. The number of methoxy groups -OCH3 is 1. The van der Waals surface area contributed by atoms with E-state index in [4.69, 9.17) is 38.4 Å². The van der Waals surface area contributed by atoms with Crippen molar-refractivity contribution in [3.63, 3.8) is 0 Å². The van der Waals surface area contributed by atoms with Crippen molar-refractivity contribution in [3.8, 4) is 11.5 Å². The summed E-state index contributed by atoms with van der Waals surface area (Å²) in [5.74, 6) is 0.857. The van der Waals surface area contributed by atoms with Crippen molar-refractivity contribution in [2.24, 2.45) is 0 Å². The Morgan fingerprint density at radius 2 is 1.84 bits per heavy atom. The summed E-state index contributed by atoms with van der Waals surface area (Å²) >= 11 is 12.1. The highest BCUT2D eigenvalue weighted by atomic mass is 35.5. The van der Waals surface area contributed by atoms with Gasteiger partial charge in [0.05, 0.1) is 17.8 Å². The van der Waals surface area contributed by atoms with Crippen molar-refractivity contribution in [3.05, 3.63) is 52.0 Å². The van der Waals surface area contributed by atoms with E-state index in [1.165, 1.54) is 7.11 Å². The van der Waals surface area contributed by atoms with Crippen LogP contribution in [0, 0.1) is 0 Å². The molecule has 0 aliphatic carbocycles. The highest BCUT2D eigenvalue weighted by Gasteiger charge is 2.16. The maximum Gasteiger partial charge on any atom is 0.182 e. The van der Waals surface area contributed by atoms with Gasteiger partial charge < -0.3 is 15.2 Å². The summed E-state index contributed by atoms with van der Waals surface area (Å²) in [5, 5.41) is 0.606. The molecule has 0 radical (unpaired) electrons. The molecule has 0 saturated carbocycles. The number of hydrogen-bond donors (Lipinski definition) is 1. The third-order valence-electron chi connectivity index (χ3n) is 2.62. The van der Waals surface area contributed by atoms with Gasteiger partial charge in [-0.05, 0) is 5.56 Å². The van der Waals surface area contributed by atoms with Crippen LogP contribution in [0.3, 0.4) is 0 Å². The maximum atomic E-state index is 6.13. The van der Waals surface area contributed by atoms with E-state index < -0.39 is 0 Å². The van der Waals surface area contributed by atoms with Crippen molar-refractivity contribution < 1.29 is 9.47 Å². The van der Waals surface area contributed by atoms with Crippen LogP contribution in [0.4, 0.5) is 5.69 Å². The van der Waals surface area contributed by atoms with E-state index in [9.17, 15) is 0 Å². The van der Waals surface area contributed by atoms with Crippen molar-refractivity contribution >= 4 is 28.9 Å². The fourth-order valence-electron chi connectivity index (χ4n) is 1.61. The Balaban J connectivity index is 2.27. The number of halogens is 2. The molecule has 0 heterocycles. The molecular weight excluding hydrogens is 285 g/mol. The predicted molar refractivity (Wildman–Crippen MR) is 78.2 cm³/mol. The third kappa shape index (κ3) is 3.06. The Hall–Kier alpha value is -1.58. The summed E-state index contributed by atoms with van der Waals surface area (Å²) in [7, 11) is 1.52. The topological polar surface area (TPSA) is 44.5 Å². The number of benzene rings is 2. The first-order chi connectivity index (χ1) is 9.13. The lowest BCUT2D eigenvalue weighted by Gasteiger charge is -2.14. The van der Waals surface area contributed by atoms with E-state index in [-0.39, 0.29) is 10.7 Å². The fourth-order valence-corrected chi connectivity index (χ4v) is 2.10. The van der Waals surface area contributed by atoms with Crippen LogP contribution in [0.5, 0.6) is 11.5 Å². The molecule has 100 valence electrons. The van der Waals surface area contributed by atoms with E-state index in [2.05, 4.69) is 0 Å². The Bertz CT molecular complexity index is 573. The van der Waals surface area contributed by atoms with Gasteiger partial charge in [-0.3, -0.25) is 0 Å². The minimum atomic E-state index is 0.264. The molecule has 0 fully saturated rings. The normalized spacial score (nSPS) is 10.3. The second kappa shape index (κ2) is 6.04. The van der Waals surface area contributed by atoms with E-state index in [1.54, 1.807) is 6.07 Å². The minimum absolute atomic E-state index is 0.264. The van der Waals surface area contributed by atoms with Crippen LogP contribution in [0.2, 0.25) is 10.0 Å². The summed E-state index contributed by atoms with van der Waals surface area (Å²) in [5.41, 5.74) is 7.08. The largest absolute Gasteiger partial charge is 0.493 e. The van der Waals surface area contributed by atoms with E-state index in [0.717, 1.165) is 5.56 Å². The molecule has 5 heteroatoms. The van der Waals surface area contributed by atoms with Gasteiger partial charge in [0.15, 0.2) is 11.5 Å². The first-order valence-electron chi connectivity index (χ1n) is 5.61. The molecule has 2 aromatic rings. The molecule has 0 spiro atoms. The quantitative estimate of drug-likeness (QED) is 0.862. The molecule has 19 heavy (non-hydrogen) atoms. The molecule has 0 atom stereocenters. The smallest absolute Gasteiger partial charge is 0.182 e. The van der Waals surface area contributed by atoms with Gasteiger partial charge in [0.2, 0.25) is 0 Å². The highest BCUT2D eigenvalue weighted by Crippen LogP contribution is 2.43. The van der Waals surface area contributed by atoms with Crippen molar-refractivity contribution in [1.29, 1.82) is 0 Å². The van der Waals surface area contributed by atoms with Gasteiger partial charge in [-0.25, -0.2) is 0 Å². The standard InChI is InChI=1S/C14H13Cl2NO2/c1-18-11-7-10(15)13(17)12(16)14(11)19-8-9-5-3-2-4-6-9/h2-7H,8,17H2,1H3. The molecule has 0 aromatic heterocycles. The van der Waals surface area contributed by atoms with Crippen LogP contribution < -0.4 is 15.2 Å². The lowest BCUT2D eigenvalue weighted by atomic mass is 10.2. The molecule has 0 aliphatic rings. The van der Waals surface area contributed by atoms with Gasteiger partial charge in [0.25, 0.3) is 0 Å². The number of anilines is 1. The summed E-state index contributed by atoms with van der Waals surface area (Å²) in [4.78, 5) is 0. The van der Waals surface area contributed by atoms with Crippen LogP contribution in [-0.2, 0) is 6.61 Å². The Kier molecular flexibility index (Phi) is 4.40. The second-order valence-corrected chi connectivity index (χ2v) is 4.68. The lowest BCUT2D eigenvalue weighted by Crippen LogP contribution is -2.00. The first-order valence-corrected chi connectivity index (χ1v) is 6.37. The van der Waals surface area contributed by atoms with Crippen molar-refractivity contribution in [2.75, 3.05) is 12.8 Å². The van der Waals surface area contributed by atoms with Crippen LogP contribution in [-0.4, -0.2) is 7.11 Å². The molecule has 3 nitrogen and oxygen atoms in total. The molecule has 2 aromatic carbocycles. The summed E-state index contributed by atoms with van der Waals surface area (Å²) in [6.07, 6.45) is 0. The first kappa shape index (κ1) is 13.8. The molecule has 0 bridgehead atoms. The lowest BCUT2D eigenvalue weighted by molar-refractivity contribution is 0.285. The fraction of sp³-hybridized carbons (Fsp3) is 0.143. The summed E-state index contributed by atoms with van der Waals surface area (Å²) in [6.45, 7) is 0.373. The monoisotopic (exact) mass is 297 g/mol. The SMILES string of the molecule is COc1cc(Cl)c(N)c(Cl)c1OCc1ccccc1. The zero-order valence-electron chi connectivity index (χ0n) is 10.3. The summed E-state index contributed by atoms with van der Waals surface area (Å²) < 4.78 is 10.9. The van der Waals surface area contributed by atoms with Gasteiger partial charge in [0.1, 0.15) is 11.6 Å². The number of rotatable bonds is 4. The van der Waals surface area contributed by atoms with Gasteiger partial charge in [-0.15, -0.1) is 0 Å². The van der Waals surface area contributed by atoms with E-state index in [0.29, 0.717) is 23.1 Å². The highest BCUT2D eigenvalue weighted by molar-refractivity contribution is 6.40. The zero-order valence-corrected chi connectivity index (χ0v) is 11.8. The molecule has 2 rings (SSSR count). The van der Waals surface area contributed by atoms with Crippen molar-refractivity contribution in [2.45, 2.75) is 6.61 Å². The number of nitrogens with two attached hydrogens (primary N) is 1. The van der Waals surface area contributed by atoms with Crippen LogP contribution in [0.25, 0.3) is 0 Å². The number of nitrogen functional groups attached to an aromatic ring is 1. The van der Waals surface area contributed by atoms with E-state index in [1.807, 2.05) is 30.3 Å². The Labute approximate surface area is 121 Å². The van der Waals surface area contributed by atoms with Gasteiger partial charge in [0, 0.05) is 6.07 Å². The molecule has 0 unspecified atom stereocenters. The van der Waals surface area contributed by atoms with Gasteiger partial charge >= 0.3 is 0 Å². The zero-order chi connectivity index (χ0) is 13.8. The second-order valence-electron chi connectivity index (χ2n) is 3.89. The van der Waals surface area contributed by atoms with Crippen LogP contribution in [0.1, 0.15) is 5.56 Å². The van der Waals surface area contributed by atoms with Gasteiger partial charge in [-0.1, -0.05) is 53.5 Å². The maximum absolute atomic E-state index is 6.13. The molecule has 0 saturated heterocycles.